The highest BCUT2D eigenvalue weighted by Gasteiger charge is 2.17. The van der Waals surface area contributed by atoms with E-state index in [4.69, 9.17) is 4.74 Å². The van der Waals surface area contributed by atoms with Crippen LogP contribution in [0.3, 0.4) is 0 Å². The van der Waals surface area contributed by atoms with Crippen molar-refractivity contribution < 1.29 is 9.53 Å². The van der Waals surface area contributed by atoms with Gasteiger partial charge in [-0.25, -0.2) is 4.98 Å². The molecule has 0 aliphatic carbocycles. The zero-order valence-corrected chi connectivity index (χ0v) is 12.1. The van der Waals surface area contributed by atoms with Gasteiger partial charge in [0.1, 0.15) is 0 Å². The van der Waals surface area contributed by atoms with E-state index in [2.05, 4.69) is 17.2 Å². The second kappa shape index (κ2) is 7.72. The van der Waals surface area contributed by atoms with Crippen molar-refractivity contribution in [3.8, 4) is 5.75 Å². The zero-order chi connectivity index (χ0) is 14.2. The Bertz CT molecular complexity index is 431. The Balaban J connectivity index is 1.79. The number of carbonyl (C=O) groups is 1. The van der Waals surface area contributed by atoms with Gasteiger partial charge in [-0.1, -0.05) is 6.92 Å². The SMILES string of the molecule is CCCOc1cccnc1NCCC(=O)N1CCCC1. The van der Waals surface area contributed by atoms with Gasteiger partial charge in [-0.3, -0.25) is 4.79 Å². The summed E-state index contributed by atoms with van der Waals surface area (Å²) in [6.45, 7) is 5.15. The summed E-state index contributed by atoms with van der Waals surface area (Å²) in [7, 11) is 0. The van der Waals surface area contributed by atoms with Gasteiger partial charge in [-0.2, -0.15) is 0 Å². The van der Waals surface area contributed by atoms with E-state index in [1.54, 1.807) is 6.20 Å². The summed E-state index contributed by atoms with van der Waals surface area (Å²) in [5, 5.41) is 3.19. The lowest BCUT2D eigenvalue weighted by Gasteiger charge is -2.16. The van der Waals surface area contributed by atoms with Crippen LogP contribution in [-0.2, 0) is 4.79 Å². The van der Waals surface area contributed by atoms with Gasteiger partial charge in [-0.15, -0.1) is 0 Å². The maximum absolute atomic E-state index is 11.9. The molecular formula is C15H23N3O2. The van der Waals surface area contributed by atoms with E-state index in [1.807, 2.05) is 17.0 Å². The summed E-state index contributed by atoms with van der Waals surface area (Å²) >= 11 is 0. The number of rotatable bonds is 7. The van der Waals surface area contributed by atoms with Crippen LogP contribution in [0.25, 0.3) is 0 Å². The number of nitrogens with one attached hydrogen (secondary N) is 1. The zero-order valence-electron chi connectivity index (χ0n) is 12.1. The minimum absolute atomic E-state index is 0.224. The lowest BCUT2D eigenvalue weighted by molar-refractivity contribution is -0.129. The highest BCUT2D eigenvalue weighted by molar-refractivity contribution is 5.77. The van der Waals surface area contributed by atoms with Gasteiger partial charge in [0, 0.05) is 32.3 Å². The molecule has 1 aliphatic heterocycles. The number of ether oxygens (including phenoxy) is 1. The van der Waals surface area contributed by atoms with Crippen LogP contribution < -0.4 is 10.1 Å². The van der Waals surface area contributed by atoms with Crippen LogP contribution >= 0.6 is 0 Å². The molecule has 0 atom stereocenters. The molecule has 1 amide bonds. The fourth-order valence-electron chi connectivity index (χ4n) is 2.26. The van der Waals surface area contributed by atoms with E-state index in [0.29, 0.717) is 19.6 Å². The summed E-state index contributed by atoms with van der Waals surface area (Å²) < 4.78 is 5.62. The highest BCUT2D eigenvalue weighted by atomic mass is 16.5. The van der Waals surface area contributed by atoms with E-state index in [-0.39, 0.29) is 5.91 Å². The molecule has 1 fully saturated rings. The Kier molecular flexibility index (Phi) is 5.65. The van der Waals surface area contributed by atoms with Gasteiger partial charge < -0.3 is 15.0 Å². The average Bonchev–Trinajstić information content (AvgIpc) is 3.00. The summed E-state index contributed by atoms with van der Waals surface area (Å²) in [4.78, 5) is 18.1. The first kappa shape index (κ1) is 14.6. The van der Waals surface area contributed by atoms with Gasteiger partial charge in [0.15, 0.2) is 11.6 Å². The molecule has 0 bridgehead atoms. The van der Waals surface area contributed by atoms with E-state index in [9.17, 15) is 4.79 Å². The van der Waals surface area contributed by atoms with Crippen molar-refractivity contribution >= 4 is 11.7 Å². The molecular weight excluding hydrogens is 254 g/mol. The topological polar surface area (TPSA) is 54.5 Å². The number of anilines is 1. The number of pyridine rings is 1. The molecule has 0 spiro atoms. The summed E-state index contributed by atoms with van der Waals surface area (Å²) in [5.41, 5.74) is 0. The highest BCUT2D eigenvalue weighted by Crippen LogP contribution is 2.21. The number of amides is 1. The van der Waals surface area contributed by atoms with Crippen LogP contribution in [-0.4, -0.2) is 42.0 Å². The van der Waals surface area contributed by atoms with Crippen LogP contribution in [0.2, 0.25) is 0 Å². The number of aromatic nitrogens is 1. The number of hydrogen-bond donors (Lipinski definition) is 1. The Morgan fingerprint density at radius 1 is 1.45 bits per heavy atom. The van der Waals surface area contributed by atoms with Gasteiger partial charge in [0.05, 0.1) is 6.61 Å². The number of hydrogen-bond acceptors (Lipinski definition) is 4. The average molecular weight is 277 g/mol. The largest absolute Gasteiger partial charge is 0.490 e. The first-order valence-corrected chi connectivity index (χ1v) is 7.40. The fourth-order valence-corrected chi connectivity index (χ4v) is 2.26. The van der Waals surface area contributed by atoms with E-state index >= 15 is 0 Å². The van der Waals surface area contributed by atoms with Crippen molar-refractivity contribution in [3.63, 3.8) is 0 Å². The minimum Gasteiger partial charge on any atom is -0.490 e. The van der Waals surface area contributed by atoms with E-state index in [0.717, 1.165) is 43.9 Å². The van der Waals surface area contributed by atoms with Crippen LogP contribution in [0.15, 0.2) is 18.3 Å². The predicted molar refractivity (Wildman–Crippen MR) is 78.9 cm³/mol. The number of carbonyl (C=O) groups excluding carboxylic acids is 1. The molecule has 0 aromatic carbocycles. The molecule has 1 aliphatic rings. The van der Waals surface area contributed by atoms with Crippen LogP contribution in [0.4, 0.5) is 5.82 Å². The van der Waals surface area contributed by atoms with E-state index < -0.39 is 0 Å². The molecule has 0 radical (unpaired) electrons. The van der Waals surface area contributed by atoms with Gasteiger partial charge in [0.2, 0.25) is 5.91 Å². The van der Waals surface area contributed by atoms with Crippen molar-refractivity contribution in [3.05, 3.63) is 18.3 Å². The lowest BCUT2D eigenvalue weighted by atomic mass is 10.3. The Labute approximate surface area is 120 Å². The molecule has 20 heavy (non-hydrogen) atoms. The van der Waals surface area contributed by atoms with Gasteiger partial charge in [0.25, 0.3) is 0 Å². The van der Waals surface area contributed by atoms with Crippen LogP contribution in [0.5, 0.6) is 5.75 Å². The summed E-state index contributed by atoms with van der Waals surface area (Å²) in [5.74, 6) is 1.69. The monoisotopic (exact) mass is 277 g/mol. The molecule has 1 aromatic rings. The maximum atomic E-state index is 11.9. The van der Waals surface area contributed by atoms with Crippen LogP contribution in [0.1, 0.15) is 32.6 Å². The molecule has 1 saturated heterocycles. The first-order valence-electron chi connectivity index (χ1n) is 7.40. The molecule has 1 aromatic heterocycles. The van der Waals surface area contributed by atoms with Crippen molar-refractivity contribution in [2.75, 3.05) is 31.6 Å². The van der Waals surface area contributed by atoms with Gasteiger partial charge >= 0.3 is 0 Å². The Hall–Kier alpha value is -1.78. The minimum atomic E-state index is 0.224. The second-order valence-corrected chi connectivity index (χ2v) is 4.96. The third-order valence-electron chi connectivity index (χ3n) is 3.32. The van der Waals surface area contributed by atoms with Crippen molar-refractivity contribution in [1.82, 2.24) is 9.88 Å². The number of nitrogens with zero attached hydrogens (tertiary/aromatic N) is 2. The van der Waals surface area contributed by atoms with E-state index in [1.165, 1.54) is 0 Å². The molecule has 0 saturated carbocycles. The third kappa shape index (κ3) is 4.11. The van der Waals surface area contributed by atoms with Crippen molar-refractivity contribution in [2.24, 2.45) is 0 Å². The van der Waals surface area contributed by atoms with Crippen molar-refractivity contribution in [2.45, 2.75) is 32.6 Å². The Morgan fingerprint density at radius 3 is 3.00 bits per heavy atom. The van der Waals surface area contributed by atoms with Gasteiger partial charge in [-0.05, 0) is 31.4 Å². The second-order valence-electron chi connectivity index (χ2n) is 4.96. The summed E-state index contributed by atoms with van der Waals surface area (Å²) in [6.07, 6.45) is 5.46. The molecule has 110 valence electrons. The fraction of sp³-hybridized carbons (Fsp3) is 0.600. The first-order chi connectivity index (χ1) is 9.81. The Morgan fingerprint density at radius 2 is 2.25 bits per heavy atom. The molecule has 5 nitrogen and oxygen atoms in total. The molecule has 0 unspecified atom stereocenters. The summed E-state index contributed by atoms with van der Waals surface area (Å²) in [6, 6.07) is 3.75. The third-order valence-corrected chi connectivity index (χ3v) is 3.32. The quantitative estimate of drug-likeness (QED) is 0.831. The normalized spacial score (nSPS) is 14.3. The van der Waals surface area contributed by atoms with Crippen LogP contribution in [0, 0.1) is 0 Å². The standard InChI is InChI=1S/C15H23N3O2/c1-2-12-20-13-6-5-8-16-15(13)17-9-7-14(19)18-10-3-4-11-18/h5-6,8H,2-4,7,9-12H2,1H3,(H,16,17). The maximum Gasteiger partial charge on any atom is 0.224 e. The molecule has 2 rings (SSSR count). The predicted octanol–water partition coefficient (Wildman–Crippen LogP) is 2.29. The number of likely N-dealkylation sites (tertiary alicyclic amines) is 1. The van der Waals surface area contributed by atoms with Crippen molar-refractivity contribution in [1.29, 1.82) is 0 Å². The molecule has 5 heteroatoms. The lowest BCUT2D eigenvalue weighted by Crippen LogP contribution is -2.29. The smallest absolute Gasteiger partial charge is 0.224 e. The molecule has 2 heterocycles. The molecule has 1 N–H and O–H groups in total.